The summed E-state index contributed by atoms with van der Waals surface area (Å²) in [5.41, 5.74) is 0. The molecule has 1 aliphatic rings. The highest BCUT2D eigenvalue weighted by atomic mass is 16.1. The van der Waals surface area contributed by atoms with E-state index in [1.807, 2.05) is 17.7 Å². The van der Waals surface area contributed by atoms with Crippen LogP contribution < -0.4 is 10.6 Å². The van der Waals surface area contributed by atoms with Gasteiger partial charge in [0.05, 0.1) is 12.9 Å². The molecule has 1 heterocycles. The molecule has 5 nitrogen and oxygen atoms in total. The molecule has 1 unspecified atom stereocenters. The largest absolute Gasteiger partial charge is 0.351 e. The summed E-state index contributed by atoms with van der Waals surface area (Å²) in [6.07, 6.45) is 8.02. The smallest absolute Gasteiger partial charge is 0.234 e. The molecule has 0 bridgehead atoms. The number of hydrogen-bond acceptors (Lipinski definition) is 3. The Morgan fingerprint density at radius 1 is 1.59 bits per heavy atom. The summed E-state index contributed by atoms with van der Waals surface area (Å²) in [6, 6.07) is 0.124. The van der Waals surface area contributed by atoms with E-state index in [9.17, 15) is 4.79 Å². The van der Waals surface area contributed by atoms with E-state index in [1.54, 1.807) is 12.5 Å². The molecule has 1 aromatic heterocycles. The van der Waals surface area contributed by atoms with Gasteiger partial charge in [0.15, 0.2) is 0 Å². The van der Waals surface area contributed by atoms with Crippen molar-refractivity contribution in [3.8, 4) is 0 Å². The summed E-state index contributed by atoms with van der Waals surface area (Å²) in [5, 5.41) is 6.14. The van der Waals surface area contributed by atoms with Crippen LogP contribution in [0.1, 0.15) is 19.8 Å². The average molecular weight is 236 g/mol. The number of amides is 1. The Kier molecular flexibility index (Phi) is 4.14. The van der Waals surface area contributed by atoms with Crippen LogP contribution in [-0.2, 0) is 11.3 Å². The molecule has 2 rings (SSSR count). The Labute approximate surface area is 102 Å². The number of nitrogens with zero attached hydrogens (tertiary/aromatic N) is 2. The molecule has 0 aliphatic heterocycles. The van der Waals surface area contributed by atoms with Crippen LogP contribution in [0.4, 0.5) is 0 Å². The van der Waals surface area contributed by atoms with Crippen LogP contribution in [0.5, 0.6) is 0 Å². The Hall–Kier alpha value is -1.36. The summed E-state index contributed by atoms with van der Waals surface area (Å²) >= 11 is 0. The first kappa shape index (κ1) is 12.1. The van der Waals surface area contributed by atoms with Crippen LogP contribution in [0.25, 0.3) is 0 Å². The molecule has 1 amide bonds. The van der Waals surface area contributed by atoms with Crippen LogP contribution in [-0.4, -0.2) is 34.6 Å². The van der Waals surface area contributed by atoms with E-state index in [0.29, 0.717) is 6.54 Å². The highest BCUT2D eigenvalue weighted by Crippen LogP contribution is 2.27. The molecule has 1 aliphatic carbocycles. The van der Waals surface area contributed by atoms with Crippen LogP contribution in [0, 0.1) is 5.92 Å². The Morgan fingerprint density at radius 3 is 3.06 bits per heavy atom. The highest BCUT2D eigenvalue weighted by molar-refractivity contribution is 5.78. The molecular formula is C12H20N4O. The molecule has 94 valence electrons. The van der Waals surface area contributed by atoms with Crippen LogP contribution in [0.2, 0.25) is 0 Å². The van der Waals surface area contributed by atoms with Crippen molar-refractivity contribution in [2.75, 3.05) is 13.1 Å². The lowest BCUT2D eigenvalue weighted by atomic mass is 10.3. The van der Waals surface area contributed by atoms with Gasteiger partial charge < -0.3 is 15.2 Å². The van der Waals surface area contributed by atoms with Crippen molar-refractivity contribution in [3.63, 3.8) is 0 Å². The van der Waals surface area contributed by atoms with Crippen LogP contribution in [0.3, 0.4) is 0 Å². The molecule has 0 spiro atoms. The first-order valence-electron chi connectivity index (χ1n) is 6.20. The highest BCUT2D eigenvalue weighted by Gasteiger charge is 2.20. The van der Waals surface area contributed by atoms with Gasteiger partial charge in [0, 0.05) is 25.0 Å². The van der Waals surface area contributed by atoms with Crippen molar-refractivity contribution in [1.82, 2.24) is 20.2 Å². The number of carbonyl (C=O) groups is 1. The molecule has 0 aromatic carbocycles. The van der Waals surface area contributed by atoms with Crippen molar-refractivity contribution in [2.24, 2.45) is 5.92 Å². The molecule has 0 saturated heterocycles. The van der Waals surface area contributed by atoms with Crippen LogP contribution in [0.15, 0.2) is 18.7 Å². The first-order chi connectivity index (χ1) is 8.24. The van der Waals surface area contributed by atoms with Crippen molar-refractivity contribution in [1.29, 1.82) is 0 Å². The van der Waals surface area contributed by atoms with Crippen LogP contribution >= 0.6 is 0 Å². The van der Waals surface area contributed by atoms with Crippen molar-refractivity contribution >= 4 is 5.91 Å². The maximum absolute atomic E-state index is 11.6. The number of hydrogen-bond donors (Lipinski definition) is 2. The summed E-state index contributed by atoms with van der Waals surface area (Å²) in [6.45, 7) is 4.15. The third-order valence-corrected chi connectivity index (χ3v) is 2.87. The van der Waals surface area contributed by atoms with E-state index >= 15 is 0 Å². The molecule has 1 atom stereocenters. The molecule has 1 saturated carbocycles. The topological polar surface area (TPSA) is 59.0 Å². The van der Waals surface area contributed by atoms with E-state index in [2.05, 4.69) is 15.6 Å². The van der Waals surface area contributed by atoms with E-state index < -0.39 is 0 Å². The number of nitrogens with one attached hydrogen (secondary N) is 2. The van der Waals surface area contributed by atoms with Gasteiger partial charge in [0.2, 0.25) is 5.91 Å². The van der Waals surface area contributed by atoms with Crippen molar-refractivity contribution in [3.05, 3.63) is 18.7 Å². The minimum Gasteiger partial charge on any atom is -0.351 e. The third kappa shape index (κ3) is 4.56. The van der Waals surface area contributed by atoms with Gasteiger partial charge in [-0.1, -0.05) is 0 Å². The van der Waals surface area contributed by atoms with Gasteiger partial charge in [-0.05, 0) is 32.2 Å². The van der Waals surface area contributed by atoms with Gasteiger partial charge >= 0.3 is 0 Å². The average Bonchev–Trinajstić information content (AvgIpc) is 2.95. The Bertz CT molecular complexity index is 345. The van der Waals surface area contributed by atoms with E-state index in [1.165, 1.54) is 12.8 Å². The summed E-state index contributed by atoms with van der Waals surface area (Å²) in [5.74, 6) is 0.879. The lowest BCUT2D eigenvalue weighted by molar-refractivity contribution is -0.120. The van der Waals surface area contributed by atoms with Gasteiger partial charge in [-0.2, -0.15) is 0 Å². The molecule has 5 heteroatoms. The van der Waals surface area contributed by atoms with E-state index in [-0.39, 0.29) is 11.9 Å². The summed E-state index contributed by atoms with van der Waals surface area (Å²) in [7, 11) is 0. The molecule has 2 N–H and O–H groups in total. The fourth-order valence-corrected chi connectivity index (χ4v) is 1.79. The lowest BCUT2D eigenvalue weighted by Gasteiger charge is -2.14. The fourth-order valence-electron chi connectivity index (χ4n) is 1.79. The Balaban J connectivity index is 1.59. The number of rotatable bonds is 7. The molecule has 1 fully saturated rings. The van der Waals surface area contributed by atoms with E-state index in [4.69, 9.17) is 0 Å². The monoisotopic (exact) mass is 236 g/mol. The predicted octanol–water partition coefficient (Wildman–Crippen LogP) is 0.387. The minimum atomic E-state index is 0.0678. The maximum Gasteiger partial charge on any atom is 0.234 e. The van der Waals surface area contributed by atoms with Gasteiger partial charge in [-0.3, -0.25) is 4.79 Å². The second-order valence-corrected chi connectivity index (χ2v) is 4.80. The number of aromatic nitrogens is 2. The van der Waals surface area contributed by atoms with Gasteiger partial charge in [0.1, 0.15) is 0 Å². The minimum absolute atomic E-state index is 0.0678. The van der Waals surface area contributed by atoms with Crippen molar-refractivity contribution < 1.29 is 4.79 Å². The standard InChI is InChI=1S/C12H20N4O/c1-10(8-16-5-4-13-9-16)15-12(17)7-14-6-11-2-3-11/h4-5,9-11,14H,2-3,6-8H2,1H3,(H,15,17). The normalized spacial score (nSPS) is 16.8. The zero-order valence-corrected chi connectivity index (χ0v) is 10.2. The SMILES string of the molecule is CC(Cn1ccnc1)NC(=O)CNCC1CC1. The van der Waals surface area contributed by atoms with Crippen molar-refractivity contribution in [2.45, 2.75) is 32.4 Å². The zero-order chi connectivity index (χ0) is 12.1. The Morgan fingerprint density at radius 2 is 2.41 bits per heavy atom. The number of carbonyl (C=O) groups excluding carboxylic acids is 1. The molecular weight excluding hydrogens is 216 g/mol. The number of imidazole rings is 1. The summed E-state index contributed by atoms with van der Waals surface area (Å²) < 4.78 is 1.96. The first-order valence-corrected chi connectivity index (χ1v) is 6.20. The third-order valence-electron chi connectivity index (χ3n) is 2.87. The van der Waals surface area contributed by atoms with Gasteiger partial charge in [-0.15, -0.1) is 0 Å². The van der Waals surface area contributed by atoms with E-state index in [0.717, 1.165) is 19.0 Å². The molecule has 1 aromatic rings. The zero-order valence-electron chi connectivity index (χ0n) is 10.2. The quantitative estimate of drug-likeness (QED) is 0.720. The fraction of sp³-hybridized carbons (Fsp3) is 0.667. The molecule has 17 heavy (non-hydrogen) atoms. The maximum atomic E-state index is 11.6. The van der Waals surface area contributed by atoms with Gasteiger partial charge in [0.25, 0.3) is 0 Å². The second kappa shape index (κ2) is 5.82. The molecule has 0 radical (unpaired) electrons. The predicted molar refractivity (Wildman–Crippen MR) is 65.4 cm³/mol. The lowest BCUT2D eigenvalue weighted by Crippen LogP contribution is -2.41. The summed E-state index contributed by atoms with van der Waals surface area (Å²) in [4.78, 5) is 15.6. The van der Waals surface area contributed by atoms with Gasteiger partial charge in [-0.25, -0.2) is 4.98 Å². The second-order valence-electron chi connectivity index (χ2n) is 4.80.